The minimum Gasteiger partial charge on any atom is -0.479 e. The van der Waals surface area contributed by atoms with E-state index in [1.165, 1.54) is 0 Å². The van der Waals surface area contributed by atoms with Gasteiger partial charge in [-0.2, -0.15) is 0 Å². The SMILES string of the molecule is CCOC(=O)C(C)Oc1ccc(-c2nc(-c3ccc(OC(C)C(=O)OCC)cc3)nc(-c3nc4ccccc4[nH]3)n2)cc1. The zero-order valence-corrected chi connectivity index (χ0v) is 24.2. The van der Waals surface area contributed by atoms with Gasteiger partial charge in [-0.25, -0.2) is 29.5 Å². The van der Waals surface area contributed by atoms with Crippen molar-refractivity contribution in [1.29, 1.82) is 0 Å². The minimum atomic E-state index is -0.749. The number of benzene rings is 3. The molecule has 43 heavy (non-hydrogen) atoms. The average Bonchev–Trinajstić information content (AvgIpc) is 3.46. The van der Waals surface area contributed by atoms with Crippen molar-refractivity contribution < 1.29 is 28.5 Å². The number of ether oxygens (including phenoxy) is 4. The van der Waals surface area contributed by atoms with Gasteiger partial charge in [-0.1, -0.05) is 12.1 Å². The van der Waals surface area contributed by atoms with E-state index >= 15 is 0 Å². The Morgan fingerprint density at radius 1 is 0.651 bits per heavy atom. The van der Waals surface area contributed by atoms with Gasteiger partial charge in [-0.15, -0.1) is 0 Å². The lowest BCUT2D eigenvalue weighted by atomic mass is 10.1. The summed E-state index contributed by atoms with van der Waals surface area (Å²) in [5, 5.41) is 0. The fraction of sp³-hybridized carbons (Fsp3) is 0.250. The van der Waals surface area contributed by atoms with Crippen LogP contribution in [0.1, 0.15) is 27.7 Å². The Hall–Kier alpha value is -5.32. The second kappa shape index (κ2) is 13.1. The Bertz CT molecular complexity index is 1600. The number of aromatic nitrogens is 5. The monoisotopic (exact) mass is 581 g/mol. The Kier molecular flexibility index (Phi) is 8.90. The molecule has 3 aromatic carbocycles. The van der Waals surface area contributed by atoms with Gasteiger partial charge in [0.05, 0.1) is 24.2 Å². The summed E-state index contributed by atoms with van der Waals surface area (Å²) < 4.78 is 21.5. The highest BCUT2D eigenvalue weighted by atomic mass is 16.6. The maximum atomic E-state index is 12.0. The van der Waals surface area contributed by atoms with Crippen LogP contribution in [0.5, 0.6) is 11.5 Å². The number of esters is 2. The molecular weight excluding hydrogens is 550 g/mol. The molecular formula is C32H31N5O6. The van der Waals surface area contributed by atoms with Gasteiger partial charge in [0, 0.05) is 11.1 Å². The largest absolute Gasteiger partial charge is 0.479 e. The number of carbonyl (C=O) groups excluding carboxylic acids is 2. The molecule has 2 aromatic heterocycles. The van der Waals surface area contributed by atoms with E-state index in [9.17, 15) is 9.59 Å². The number of hydrogen-bond acceptors (Lipinski definition) is 10. The van der Waals surface area contributed by atoms with Crippen LogP contribution >= 0.6 is 0 Å². The number of fused-ring (bicyclic) bond motifs is 1. The summed E-state index contributed by atoms with van der Waals surface area (Å²) in [7, 11) is 0. The van der Waals surface area contributed by atoms with E-state index in [0.29, 0.717) is 45.9 Å². The third kappa shape index (κ3) is 6.95. The Morgan fingerprint density at radius 3 is 1.58 bits per heavy atom. The molecule has 5 aromatic rings. The normalized spacial score (nSPS) is 12.4. The van der Waals surface area contributed by atoms with Crippen LogP contribution < -0.4 is 9.47 Å². The van der Waals surface area contributed by atoms with Crippen molar-refractivity contribution in [2.75, 3.05) is 13.2 Å². The third-order valence-electron chi connectivity index (χ3n) is 6.32. The number of para-hydroxylation sites is 2. The molecule has 2 heterocycles. The summed E-state index contributed by atoms with van der Waals surface area (Å²) >= 11 is 0. The van der Waals surface area contributed by atoms with Crippen LogP contribution in [0.4, 0.5) is 0 Å². The maximum absolute atomic E-state index is 12.0. The zero-order valence-electron chi connectivity index (χ0n) is 24.2. The highest BCUT2D eigenvalue weighted by Crippen LogP contribution is 2.27. The Morgan fingerprint density at radius 2 is 1.12 bits per heavy atom. The lowest BCUT2D eigenvalue weighted by molar-refractivity contribution is -0.151. The number of H-pyrrole nitrogens is 1. The van der Waals surface area contributed by atoms with Crippen LogP contribution in [0.15, 0.2) is 72.8 Å². The van der Waals surface area contributed by atoms with Crippen molar-refractivity contribution in [3.63, 3.8) is 0 Å². The van der Waals surface area contributed by atoms with Gasteiger partial charge in [-0.05, 0) is 88.4 Å². The fourth-order valence-corrected chi connectivity index (χ4v) is 4.19. The maximum Gasteiger partial charge on any atom is 0.347 e. The first kappa shape index (κ1) is 29.2. The van der Waals surface area contributed by atoms with Gasteiger partial charge in [0.2, 0.25) is 0 Å². The van der Waals surface area contributed by atoms with Crippen LogP contribution in [0.25, 0.3) is 45.5 Å². The third-order valence-corrected chi connectivity index (χ3v) is 6.32. The molecule has 0 aliphatic rings. The van der Waals surface area contributed by atoms with E-state index in [1.54, 1.807) is 52.0 Å². The first-order valence-electron chi connectivity index (χ1n) is 13.9. The molecule has 0 spiro atoms. The van der Waals surface area contributed by atoms with E-state index in [0.717, 1.165) is 11.0 Å². The topological polar surface area (TPSA) is 138 Å². The second-order valence-corrected chi connectivity index (χ2v) is 9.48. The number of nitrogens with zero attached hydrogens (tertiary/aromatic N) is 4. The number of hydrogen-bond donors (Lipinski definition) is 1. The van der Waals surface area contributed by atoms with Gasteiger partial charge < -0.3 is 23.9 Å². The number of imidazole rings is 1. The van der Waals surface area contributed by atoms with Crippen molar-refractivity contribution in [2.45, 2.75) is 39.9 Å². The van der Waals surface area contributed by atoms with Crippen LogP contribution in [0, 0.1) is 0 Å². The van der Waals surface area contributed by atoms with E-state index in [2.05, 4.69) is 9.97 Å². The molecule has 0 aliphatic carbocycles. The zero-order chi connectivity index (χ0) is 30.3. The van der Waals surface area contributed by atoms with Gasteiger partial charge in [0.1, 0.15) is 11.5 Å². The lowest BCUT2D eigenvalue weighted by Crippen LogP contribution is -2.26. The van der Waals surface area contributed by atoms with E-state index in [4.69, 9.17) is 33.9 Å². The molecule has 11 nitrogen and oxygen atoms in total. The standard InChI is InChI=1S/C32H31N5O6/c1-5-40-31(38)19(3)42-23-15-11-21(12-16-23)27-35-28(22-13-17-24(18-14-22)43-20(4)32(39)41-6-2)37-30(36-27)29-33-25-9-7-8-10-26(25)34-29/h7-20H,5-6H2,1-4H3,(H,33,34). The Labute approximate surface area is 248 Å². The first-order valence-corrected chi connectivity index (χ1v) is 13.9. The molecule has 0 fully saturated rings. The number of rotatable bonds is 11. The molecule has 0 saturated heterocycles. The summed E-state index contributed by atoms with van der Waals surface area (Å²) in [6.45, 7) is 7.33. The summed E-state index contributed by atoms with van der Waals surface area (Å²) in [6.07, 6.45) is -1.50. The quantitative estimate of drug-likeness (QED) is 0.202. The fourth-order valence-electron chi connectivity index (χ4n) is 4.19. The van der Waals surface area contributed by atoms with E-state index in [1.807, 2.05) is 48.5 Å². The van der Waals surface area contributed by atoms with Crippen LogP contribution in [0.3, 0.4) is 0 Å². The number of nitrogens with one attached hydrogen (secondary N) is 1. The van der Waals surface area contributed by atoms with Crippen LogP contribution in [-0.2, 0) is 19.1 Å². The van der Waals surface area contributed by atoms with Crippen molar-refractivity contribution in [3.05, 3.63) is 72.8 Å². The molecule has 0 saturated carbocycles. The summed E-state index contributed by atoms with van der Waals surface area (Å²) in [5.74, 6) is 1.84. The van der Waals surface area contributed by atoms with Gasteiger partial charge in [-0.3, -0.25) is 0 Å². The van der Waals surface area contributed by atoms with E-state index in [-0.39, 0.29) is 13.2 Å². The molecule has 0 amide bonds. The smallest absolute Gasteiger partial charge is 0.347 e. The van der Waals surface area contributed by atoms with Gasteiger partial charge in [0.15, 0.2) is 35.5 Å². The molecule has 220 valence electrons. The average molecular weight is 582 g/mol. The van der Waals surface area contributed by atoms with Gasteiger partial charge >= 0.3 is 11.9 Å². The predicted octanol–water partition coefficient (Wildman–Crippen LogP) is 5.41. The minimum absolute atomic E-state index is 0.281. The molecule has 0 bridgehead atoms. The lowest BCUT2D eigenvalue weighted by Gasteiger charge is -2.14. The van der Waals surface area contributed by atoms with Crippen LogP contribution in [0.2, 0.25) is 0 Å². The predicted molar refractivity (Wildman–Crippen MR) is 159 cm³/mol. The summed E-state index contributed by atoms with van der Waals surface area (Å²) in [5.41, 5.74) is 3.06. The highest BCUT2D eigenvalue weighted by Gasteiger charge is 2.19. The molecule has 5 rings (SSSR count). The molecule has 2 atom stereocenters. The molecule has 2 unspecified atom stereocenters. The molecule has 1 N–H and O–H groups in total. The van der Waals surface area contributed by atoms with Gasteiger partial charge in [0.25, 0.3) is 0 Å². The number of aromatic amines is 1. The molecule has 0 radical (unpaired) electrons. The van der Waals surface area contributed by atoms with Crippen molar-refractivity contribution in [3.8, 4) is 45.9 Å². The first-order chi connectivity index (χ1) is 20.8. The molecule has 0 aliphatic heterocycles. The van der Waals surface area contributed by atoms with Crippen molar-refractivity contribution in [2.24, 2.45) is 0 Å². The van der Waals surface area contributed by atoms with E-state index < -0.39 is 24.1 Å². The summed E-state index contributed by atoms with van der Waals surface area (Å²) in [6, 6.07) is 21.9. The van der Waals surface area contributed by atoms with Crippen molar-refractivity contribution in [1.82, 2.24) is 24.9 Å². The second-order valence-electron chi connectivity index (χ2n) is 9.48. The highest BCUT2D eigenvalue weighted by molar-refractivity contribution is 5.79. The molecule has 11 heteroatoms. The number of carbonyl (C=O) groups is 2. The Balaban J connectivity index is 1.47. The summed E-state index contributed by atoms with van der Waals surface area (Å²) in [4.78, 5) is 46.1. The van der Waals surface area contributed by atoms with Crippen molar-refractivity contribution >= 4 is 23.0 Å². The van der Waals surface area contributed by atoms with Crippen LogP contribution in [-0.4, -0.2) is 62.3 Å².